The van der Waals surface area contributed by atoms with Gasteiger partial charge in [-0.25, -0.2) is 4.98 Å². The van der Waals surface area contributed by atoms with E-state index >= 15 is 0 Å². The lowest BCUT2D eigenvalue weighted by atomic mass is 9.49. The summed E-state index contributed by atoms with van der Waals surface area (Å²) in [6, 6.07) is 4.36. The molecule has 4 fully saturated rings. The van der Waals surface area contributed by atoms with Gasteiger partial charge in [0.05, 0.1) is 11.9 Å². The van der Waals surface area contributed by atoms with E-state index in [1.54, 1.807) is 0 Å². The molecule has 6 nitrogen and oxygen atoms in total. The maximum absolute atomic E-state index is 6.17. The van der Waals surface area contributed by atoms with Gasteiger partial charge < -0.3 is 9.64 Å². The number of hydrogen-bond acceptors (Lipinski definition) is 7. The van der Waals surface area contributed by atoms with Gasteiger partial charge >= 0.3 is 0 Å². The Hall–Kier alpha value is -2.09. The molecule has 0 spiro atoms. The van der Waals surface area contributed by atoms with Crippen molar-refractivity contribution in [1.29, 1.82) is 0 Å². The number of benzene rings is 1. The molecule has 8 heteroatoms. The highest BCUT2D eigenvalue weighted by molar-refractivity contribution is 7.07. The van der Waals surface area contributed by atoms with Crippen LogP contribution >= 0.6 is 23.9 Å². The number of rotatable bonds is 8. The van der Waals surface area contributed by atoms with Gasteiger partial charge in [-0.15, -0.1) is 12.4 Å². The first-order chi connectivity index (χ1) is 17.4. The van der Waals surface area contributed by atoms with E-state index in [-0.39, 0.29) is 17.8 Å². The highest BCUT2D eigenvalue weighted by Gasteiger charge is 2.52. The largest absolute Gasteiger partial charge is 0.430 e. The molecule has 198 valence electrons. The topological polar surface area (TPSA) is 64.0 Å². The lowest BCUT2D eigenvalue weighted by Gasteiger charge is -2.56. The Balaban J connectivity index is 0.00000280. The zero-order valence-corrected chi connectivity index (χ0v) is 24.0. The second-order valence-corrected chi connectivity index (χ2v) is 12.4. The van der Waals surface area contributed by atoms with E-state index in [9.17, 15) is 0 Å². The van der Waals surface area contributed by atoms with Crippen LogP contribution in [0.15, 0.2) is 24.5 Å². The van der Waals surface area contributed by atoms with Gasteiger partial charge in [0.2, 0.25) is 0 Å². The van der Waals surface area contributed by atoms with Crippen LogP contribution in [-0.2, 0) is 11.8 Å². The maximum Gasteiger partial charge on any atom is 0.299 e. The minimum absolute atomic E-state index is 0. The lowest BCUT2D eigenvalue weighted by Crippen LogP contribution is -2.49. The summed E-state index contributed by atoms with van der Waals surface area (Å²) in [4.78, 5) is 16.7. The Kier molecular flexibility index (Phi) is 7.58. The molecular weight excluding hydrogens is 502 g/mol. The summed E-state index contributed by atoms with van der Waals surface area (Å²) in [5.41, 5.74) is 5.90. The van der Waals surface area contributed by atoms with Gasteiger partial charge in [-0.2, -0.15) is 9.36 Å². The molecule has 4 bridgehead atoms. The molecule has 4 aliphatic rings. The van der Waals surface area contributed by atoms with Crippen molar-refractivity contribution in [3.8, 4) is 22.5 Å². The molecule has 4 saturated carbocycles. The second-order valence-electron chi connectivity index (χ2n) is 11.7. The predicted octanol–water partition coefficient (Wildman–Crippen LogP) is 6.79. The number of aromatic nitrogens is 4. The third-order valence-corrected chi connectivity index (χ3v) is 9.60. The summed E-state index contributed by atoms with van der Waals surface area (Å²) >= 11 is 1.27. The molecule has 0 amide bonds. The summed E-state index contributed by atoms with van der Waals surface area (Å²) in [6.45, 7) is 8.56. The van der Waals surface area contributed by atoms with Crippen molar-refractivity contribution in [3.05, 3.63) is 46.9 Å². The fourth-order valence-electron chi connectivity index (χ4n) is 7.29. The Morgan fingerprint density at radius 1 is 1.00 bits per heavy atom. The fourth-order valence-corrected chi connectivity index (χ4v) is 7.84. The first-order valence-electron chi connectivity index (χ1n) is 13.5. The number of nitrogens with zero attached hydrogens (tertiary/aromatic N) is 5. The first-order valence-corrected chi connectivity index (χ1v) is 14.3. The summed E-state index contributed by atoms with van der Waals surface area (Å²) in [5, 5.41) is 0.540. The summed E-state index contributed by atoms with van der Waals surface area (Å²) < 4.78 is 10.7. The molecule has 37 heavy (non-hydrogen) atoms. The normalized spacial score (nSPS) is 25.9. The Bertz CT molecular complexity index is 1210. The zero-order chi connectivity index (χ0) is 24.9. The van der Waals surface area contributed by atoms with Gasteiger partial charge in [0, 0.05) is 29.7 Å². The Labute approximate surface area is 230 Å². The van der Waals surface area contributed by atoms with Crippen LogP contribution in [0.5, 0.6) is 10.9 Å². The number of ether oxygens (including phenoxy) is 1. The SMILES string of the molecule is CCN(C)CCc1cc(C)c(Oc2nc(-c3cnc(C45CC6CC(CC(C6)C4)C5)cn3)ns2)cc1C.Cl. The third-order valence-electron chi connectivity index (χ3n) is 9.00. The summed E-state index contributed by atoms with van der Waals surface area (Å²) in [6.07, 6.45) is 13.1. The van der Waals surface area contributed by atoms with E-state index in [1.807, 2.05) is 12.4 Å². The molecule has 3 aromatic rings. The van der Waals surface area contributed by atoms with Crippen molar-refractivity contribution in [2.75, 3.05) is 20.1 Å². The number of aryl methyl sites for hydroxylation is 2. The van der Waals surface area contributed by atoms with Crippen molar-refractivity contribution in [3.63, 3.8) is 0 Å². The van der Waals surface area contributed by atoms with Crippen LogP contribution in [0.1, 0.15) is 67.8 Å². The summed E-state index contributed by atoms with van der Waals surface area (Å²) in [5.74, 6) is 4.13. The van der Waals surface area contributed by atoms with Crippen molar-refractivity contribution in [2.45, 2.75) is 71.1 Å². The van der Waals surface area contributed by atoms with Crippen LogP contribution in [0.25, 0.3) is 11.5 Å². The average molecular weight is 540 g/mol. The van der Waals surface area contributed by atoms with Crippen molar-refractivity contribution >= 4 is 23.9 Å². The highest BCUT2D eigenvalue weighted by atomic mass is 35.5. The number of likely N-dealkylation sites (N-methyl/N-ethyl adjacent to an activating group) is 1. The van der Waals surface area contributed by atoms with E-state index in [4.69, 9.17) is 14.7 Å². The fraction of sp³-hybridized carbons (Fsp3) is 0.586. The molecule has 0 aliphatic heterocycles. The van der Waals surface area contributed by atoms with E-state index in [0.29, 0.717) is 11.0 Å². The smallest absolute Gasteiger partial charge is 0.299 e. The average Bonchev–Trinajstić information content (AvgIpc) is 3.33. The molecule has 0 N–H and O–H groups in total. The molecule has 0 radical (unpaired) electrons. The van der Waals surface area contributed by atoms with Crippen LogP contribution in [-0.4, -0.2) is 44.4 Å². The molecule has 0 atom stereocenters. The maximum atomic E-state index is 6.17. The molecular formula is C29H38ClN5OS. The van der Waals surface area contributed by atoms with Gasteiger partial charge in [0.25, 0.3) is 5.19 Å². The van der Waals surface area contributed by atoms with Crippen LogP contribution in [0, 0.1) is 31.6 Å². The van der Waals surface area contributed by atoms with E-state index in [2.05, 4.69) is 54.2 Å². The molecule has 1 aromatic carbocycles. The highest BCUT2D eigenvalue weighted by Crippen LogP contribution is 2.60. The van der Waals surface area contributed by atoms with Gasteiger partial charge in [0.1, 0.15) is 11.4 Å². The molecule has 2 aromatic heterocycles. The minimum Gasteiger partial charge on any atom is -0.430 e. The van der Waals surface area contributed by atoms with Gasteiger partial charge in [-0.1, -0.05) is 13.0 Å². The molecule has 7 rings (SSSR count). The van der Waals surface area contributed by atoms with Crippen molar-refractivity contribution in [2.24, 2.45) is 17.8 Å². The van der Waals surface area contributed by atoms with Crippen LogP contribution in [0.3, 0.4) is 0 Å². The van der Waals surface area contributed by atoms with Crippen molar-refractivity contribution < 1.29 is 4.74 Å². The number of hydrogen-bond donors (Lipinski definition) is 0. The van der Waals surface area contributed by atoms with Gasteiger partial charge in [0.15, 0.2) is 5.82 Å². The van der Waals surface area contributed by atoms with Gasteiger partial charge in [-0.05, 0) is 113 Å². The van der Waals surface area contributed by atoms with Crippen LogP contribution in [0.4, 0.5) is 0 Å². The monoisotopic (exact) mass is 539 g/mol. The third kappa shape index (κ3) is 5.27. The first kappa shape index (κ1) is 26.5. The predicted molar refractivity (Wildman–Crippen MR) is 151 cm³/mol. The van der Waals surface area contributed by atoms with Crippen LogP contribution in [0.2, 0.25) is 0 Å². The van der Waals surface area contributed by atoms with Crippen LogP contribution < -0.4 is 4.74 Å². The Morgan fingerprint density at radius 2 is 1.70 bits per heavy atom. The summed E-state index contributed by atoms with van der Waals surface area (Å²) in [7, 11) is 2.16. The second kappa shape index (κ2) is 10.6. The standard InChI is InChI=1S/C29H37N5OS.ClH/c1-5-34(4)7-6-23-8-19(3)25(9-18(23)2)35-28-32-27(33-36-28)24-16-31-26(17-30-24)29-13-20-10-21(14-29)12-22(11-20)15-29;/h8-9,16-17,20-22H,5-7,10-15H2,1-4H3;1H. The molecule has 0 saturated heterocycles. The quantitative estimate of drug-likeness (QED) is 0.314. The molecule has 0 unspecified atom stereocenters. The zero-order valence-electron chi connectivity index (χ0n) is 22.4. The number of halogens is 1. The minimum atomic E-state index is 0. The molecule has 4 aliphatic carbocycles. The van der Waals surface area contributed by atoms with Gasteiger partial charge in [-0.3, -0.25) is 4.98 Å². The lowest BCUT2D eigenvalue weighted by molar-refractivity contribution is -0.00736. The Morgan fingerprint density at radius 3 is 2.32 bits per heavy atom. The van der Waals surface area contributed by atoms with E-state index in [0.717, 1.165) is 54.3 Å². The molecule has 2 heterocycles. The van der Waals surface area contributed by atoms with E-state index in [1.165, 1.54) is 66.9 Å². The van der Waals surface area contributed by atoms with Crippen molar-refractivity contribution in [1.82, 2.24) is 24.2 Å². The van der Waals surface area contributed by atoms with E-state index < -0.39 is 0 Å².